The summed E-state index contributed by atoms with van der Waals surface area (Å²) < 4.78 is 48.7. The van der Waals surface area contributed by atoms with Gasteiger partial charge in [0.25, 0.3) is 0 Å². The maximum atomic E-state index is 14.3. The molecule has 0 saturated heterocycles. The van der Waals surface area contributed by atoms with Crippen molar-refractivity contribution in [2.75, 3.05) is 5.73 Å². The number of nitrogen functional groups attached to an aromatic ring is 1. The van der Waals surface area contributed by atoms with Crippen LogP contribution in [0.15, 0.2) is 48.5 Å². The minimum Gasteiger partial charge on any atom is -0.399 e. The number of halogens is 4. The lowest BCUT2D eigenvalue weighted by Crippen LogP contribution is -2.51. The molecule has 0 saturated carbocycles. The second kappa shape index (κ2) is 6.42. The van der Waals surface area contributed by atoms with E-state index in [1.165, 1.54) is 48.5 Å². The lowest BCUT2D eigenvalue weighted by molar-refractivity contribution is -0.240. The molecule has 0 radical (unpaired) electrons. The van der Waals surface area contributed by atoms with E-state index in [1.807, 2.05) is 0 Å². The Morgan fingerprint density at radius 3 is 1.67 bits per heavy atom. The molecule has 0 amide bonds. The molecule has 2 N–H and O–H groups in total. The van der Waals surface area contributed by atoms with Crippen molar-refractivity contribution in [2.24, 2.45) is 0 Å². The third-order valence-corrected chi connectivity index (χ3v) is 4.60. The fraction of sp³-hybridized carbons (Fsp3) is 0.294. The van der Waals surface area contributed by atoms with Crippen LogP contribution in [0.3, 0.4) is 0 Å². The minimum absolute atomic E-state index is 0.00560. The molecular formula is C17H19ClF3NOSi. The first-order chi connectivity index (χ1) is 11.0. The molecule has 2 rings (SSSR count). The zero-order valence-corrected chi connectivity index (χ0v) is 15.4. The molecule has 0 aliphatic rings. The molecule has 0 heterocycles. The molecule has 0 aliphatic heterocycles. The van der Waals surface area contributed by atoms with Gasteiger partial charge in [0.05, 0.1) is 0 Å². The van der Waals surface area contributed by atoms with E-state index in [0.29, 0.717) is 10.7 Å². The summed E-state index contributed by atoms with van der Waals surface area (Å²) in [5.74, 6) is 0. The van der Waals surface area contributed by atoms with Crippen LogP contribution in [-0.4, -0.2) is 14.5 Å². The summed E-state index contributed by atoms with van der Waals surface area (Å²) in [5.41, 5.74) is 3.45. The van der Waals surface area contributed by atoms with Gasteiger partial charge in [-0.2, -0.15) is 13.2 Å². The van der Waals surface area contributed by atoms with Crippen LogP contribution in [0.5, 0.6) is 0 Å². The Morgan fingerprint density at radius 1 is 0.875 bits per heavy atom. The van der Waals surface area contributed by atoms with E-state index < -0.39 is 20.1 Å². The van der Waals surface area contributed by atoms with E-state index in [-0.39, 0.29) is 11.1 Å². The van der Waals surface area contributed by atoms with Crippen LogP contribution < -0.4 is 5.73 Å². The largest absolute Gasteiger partial charge is 0.425 e. The maximum Gasteiger partial charge on any atom is 0.425 e. The van der Waals surface area contributed by atoms with Crippen molar-refractivity contribution in [1.29, 1.82) is 0 Å². The number of rotatable bonds is 4. The molecule has 24 heavy (non-hydrogen) atoms. The highest BCUT2D eigenvalue weighted by molar-refractivity contribution is 6.69. The van der Waals surface area contributed by atoms with Crippen molar-refractivity contribution in [3.8, 4) is 0 Å². The normalized spacial score (nSPS) is 15.1. The third-order valence-electron chi connectivity index (χ3n) is 3.43. The summed E-state index contributed by atoms with van der Waals surface area (Å²) in [6.07, 6.45) is -4.66. The average Bonchev–Trinajstić information content (AvgIpc) is 2.44. The fourth-order valence-corrected chi connectivity index (χ4v) is 3.93. The van der Waals surface area contributed by atoms with Crippen LogP contribution in [0.1, 0.15) is 11.1 Å². The third kappa shape index (κ3) is 3.76. The molecule has 7 heteroatoms. The van der Waals surface area contributed by atoms with Crippen LogP contribution in [0.25, 0.3) is 0 Å². The molecule has 0 bridgehead atoms. The molecule has 0 aromatic heterocycles. The maximum absolute atomic E-state index is 14.3. The summed E-state index contributed by atoms with van der Waals surface area (Å²) in [6, 6.07) is 11.2. The predicted molar refractivity (Wildman–Crippen MR) is 93.6 cm³/mol. The van der Waals surface area contributed by atoms with Gasteiger partial charge >= 0.3 is 6.18 Å². The van der Waals surface area contributed by atoms with Crippen LogP contribution >= 0.6 is 11.6 Å². The lowest BCUT2D eigenvalue weighted by Gasteiger charge is -2.41. The van der Waals surface area contributed by atoms with Crippen molar-refractivity contribution in [2.45, 2.75) is 31.4 Å². The first-order valence-corrected chi connectivity index (χ1v) is 11.1. The Bertz CT molecular complexity index is 648. The zero-order valence-electron chi connectivity index (χ0n) is 13.6. The van der Waals surface area contributed by atoms with Crippen LogP contribution in [-0.2, 0) is 10.0 Å². The van der Waals surface area contributed by atoms with Gasteiger partial charge in [-0.05, 0) is 55.0 Å². The van der Waals surface area contributed by atoms with Crippen LogP contribution in [0.2, 0.25) is 24.7 Å². The number of hydrogen-bond acceptors (Lipinski definition) is 2. The monoisotopic (exact) mass is 373 g/mol. The Kier molecular flexibility index (Phi) is 5.04. The van der Waals surface area contributed by atoms with Gasteiger partial charge in [0.1, 0.15) is 0 Å². The van der Waals surface area contributed by atoms with Crippen molar-refractivity contribution in [3.63, 3.8) is 0 Å². The van der Waals surface area contributed by atoms with Gasteiger partial charge in [0.15, 0.2) is 8.32 Å². The van der Waals surface area contributed by atoms with E-state index in [4.69, 9.17) is 21.8 Å². The molecular weight excluding hydrogens is 355 g/mol. The summed E-state index contributed by atoms with van der Waals surface area (Å²) in [5, 5.41) is 0.361. The van der Waals surface area contributed by atoms with Crippen molar-refractivity contribution >= 4 is 25.6 Å². The van der Waals surface area contributed by atoms with Gasteiger partial charge in [-0.1, -0.05) is 35.9 Å². The number of anilines is 1. The number of hydrogen-bond donors (Lipinski definition) is 1. The molecule has 2 nitrogen and oxygen atoms in total. The highest BCUT2D eigenvalue weighted by Crippen LogP contribution is 2.49. The molecule has 0 spiro atoms. The molecule has 1 unspecified atom stereocenters. The van der Waals surface area contributed by atoms with E-state index in [1.54, 1.807) is 19.6 Å². The van der Waals surface area contributed by atoms with E-state index in [2.05, 4.69) is 0 Å². The van der Waals surface area contributed by atoms with Crippen LogP contribution in [0, 0.1) is 0 Å². The first-order valence-electron chi connectivity index (χ1n) is 7.35. The Balaban J connectivity index is 2.78. The van der Waals surface area contributed by atoms with Gasteiger partial charge in [0.2, 0.25) is 5.60 Å². The van der Waals surface area contributed by atoms with Gasteiger partial charge < -0.3 is 10.2 Å². The Labute approximate surface area is 145 Å². The molecule has 0 fully saturated rings. The lowest BCUT2D eigenvalue weighted by atomic mass is 9.85. The number of alkyl halides is 3. The molecule has 0 aliphatic carbocycles. The first kappa shape index (κ1) is 18.8. The van der Waals surface area contributed by atoms with Gasteiger partial charge in [-0.3, -0.25) is 0 Å². The summed E-state index contributed by atoms with van der Waals surface area (Å²) >= 11 is 5.85. The average molecular weight is 374 g/mol. The Morgan fingerprint density at radius 2 is 1.29 bits per heavy atom. The summed E-state index contributed by atoms with van der Waals surface area (Å²) in [4.78, 5) is 0. The van der Waals surface area contributed by atoms with Crippen LogP contribution in [0.4, 0.5) is 18.9 Å². The highest BCUT2D eigenvalue weighted by Gasteiger charge is 2.60. The topological polar surface area (TPSA) is 35.2 Å². The standard InChI is InChI=1S/C17H19ClF3NOSi/c1-24(2,3)23-16(17(19,20)21,12-4-8-14(18)9-5-12)13-6-10-15(22)11-7-13/h4-11H,22H2,1-3H3. The second-order valence-corrected chi connectivity index (χ2v) is 11.4. The molecule has 1 atom stereocenters. The number of nitrogens with two attached hydrogens (primary N) is 1. The minimum atomic E-state index is -4.66. The second-order valence-electron chi connectivity index (χ2n) is 6.52. The zero-order chi connectivity index (χ0) is 18.2. The van der Waals surface area contributed by atoms with Gasteiger partial charge in [0, 0.05) is 10.7 Å². The molecule has 2 aromatic rings. The summed E-state index contributed by atoms with van der Waals surface area (Å²) in [6.45, 7) is 5.17. The van der Waals surface area contributed by atoms with E-state index in [9.17, 15) is 13.2 Å². The SMILES string of the molecule is C[Si](C)(C)OC(c1ccc(N)cc1)(c1ccc(Cl)cc1)C(F)(F)F. The summed E-state index contributed by atoms with van der Waals surface area (Å²) in [7, 11) is -2.58. The fourth-order valence-electron chi connectivity index (χ4n) is 2.53. The molecule has 130 valence electrons. The predicted octanol–water partition coefficient (Wildman–Crippen LogP) is 5.58. The smallest absolute Gasteiger partial charge is 0.399 e. The van der Waals surface area contributed by atoms with E-state index in [0.717, 1.165) is 0 Å². The van der Waals surface area contributed by atoms with Gasteiger partial charge in [-0.15, -0.1) is 0 Å². The van der Waals surface area contributed by atoms with Gasteiger partial charge in [-0.25, -0.2) is 0 Å². The van der Waals surface area contributed by atoms with Crippen molar-refractivity contribution < 1.29 is 17.6 Å². The Hall–Kier alpha value is -1.50. The number of benzene rings is 2. The quantitative estimate of drug-likeness (QED) is 0.561. The van der Waals surface area contributed by atoms with Crippen molar-refractivity contribution in [3.05, 3.63) is 64.7 Å². The molecule has 2 aromatic carbocycles. The van der Waals surface area contributed by atoms with E-state index >= 15 is 0 Å². The highest BCUT2D eigenvalue weighted by atomic mass is 35.5. The van der Waals surface area contributed by atoms with Crippen molar-refractivity contribution in [1.82, 2.24) is 0 Å².